The molecular weight excluding hydrogens is 324 g/mol. The van der Waals surface area contributed by atoms with Crippen molar-refractivity contribution in [3.05, 3.63) is 0 Å². The fraction of sp³-hybridized carbons (Fsp3) is 0.833. The lowest BCUT2D eigenvalue weighted by Crippen LogP contribution is -2.42. The van der Waals surface area contributed by atoms with E-state index in [9.17, 15) is 14.4 Å². The second-order valence-electron chi connectivity index (χ2n) is 6.81. The Morgan fingerprint density at radius 1 is 1.04 bits per heavy atom. The monoisotopic (exact) mass is 356 g/mol. The van der Waals surface area contributed by atoms with Gasteiger partial charge in [-0.15, -0.1) is 0 Å². The summed E-state index contributed by atoms with van der Waals surface area (Å²) >= 11 is 0. The van der Waals surface area contributed by atoms with Crippen molar-refractivity contribution in [2.24, 2.45) is 11.8 Å². The van der Waals surface area contributed by atoms with Gasteiger partial charge in [-0.2, -0.15) is 0 Å². The van der Waals surface area contributed by atoms with Crippen LogP contribution in [0.2, 0.25) is 0 Å². The number of ketones is 1. The van der Waals surface area contributed by atoms with E-state index < -0.39 is 0 Å². The number of rotatable bonds is 11. The molecule has 0 unspecified atom stereocenters. The van der Waals surface area contributed by atoms with Crippen molar-refractivity contribution in [1.29, 1.82) is 0 Å². The topological polar surface area (TPSA) is 93.7 Å². The van der Waals surface area contributed by atoms with Crippen LogP contribution in [0.25, 0.3) is 0 Å². The molecule has 0 heterocycles. The lowest BCUT2D eigenvalue weighted by Gasteiger charge is -2.28. The minimum absolute atomic E-state index is 0.0205. The minimum Gasteiger partial charge on any atom is -0.382 e. The van der Waals surface area contributed by atoms with E-state index in [-0.39, 0.29) is 42.0 Å². The maximum absolute atomic E-state index is 12.1. The zero-order valence-corrected chi connectivity index (χ0v) is 15.6. The second-order valence-corrected chi connectivity index (χ2v) is 6.81. The summed E-state index contributed by atoms with van der Waals surface area (Å²) in [7, 11) is 1.61. The molecule has 1 fully saturated rings. The predicted molar refractivity (Wildman–Crippen MR) is 94.1 cm³/mol. The molecule has 25 heavy (non-hydrogen) atoms. The zero-order valence-electron chi connectivity index (χ0n) is 15.6. The quantitative estimate of drug-likeness (QED) is 0.540. The van der Waals surface area contributed by atoms with Gasteiger partial charge in [0.25, 0.3) is 0 Å². The highest BCUT2D eigenvalue weighted by Crippen LogP contribution is 2.24. The van der Waals surface area contributed by atoms with Crippen LogP contribution in [0, 0.1) is 11.8 Å². The Bertz CT molecular complexity index is 431. The van der Waals surface area contributed by atoms with Gasteiger partial charge in [-0.1, -0.05) is 13.8 Å². The first-order valence-corrected chi connectivity index (χ1v) is 9.10. The molecule has 0 aliphatic heterocycles. The lowest BCUT2D eigenvalue weighted by atomic mass is 9.85. The lowest BCUT2D eigenvalue weighted by molar-refractivity contribution is -0.129. The molecule has 2 N–H and O–H groups in total. The number of methoxy groups -OCH3 is 1. The van der Waals surface area contributed by atoms with Gasteiger partial charge in [-0.3, -0.25) is 14.4 Å². The summed E-state index contributed by atoms with van der Waals surface area (Å²) in [5.74, 6) is -0.157. The SMILES string of the molecule is COCCOCCC(=O)N[C@H]1CC[C@@H](C(=O)NCC(=O)C(C)C)CC1. The number of Topliss-reactive ketones (excluding diaryl/α,β-unsaturated/α-hetero) is 1. The van der Waals surface area contributed by atoms with Crippen molar-refractivity contribution < 1.29 is 23.9 Å². The molecule has 2 amide bonds. The van der Waals surface area contributed by atoms with Gasteiger partial charge in [-0.05, 0) is 25.7 Å². The summed E-state index contributed by atoms with van der Waals surface area (Å²) in [5, 5.41) is 5.73. The molecule has 0 aromatic carbocycles. The van der Waals surface area contributed by atoms with Crippen LogP contribution in [0.1, 0.15) is 46.0 Å². The first-order valence-electron chi connectivity index (χ1n) is 9.10. The molecule has 0 atom stereocenters. The summed E-state index contributed by atoms with van der Waals surface area (Å²) in [4.78, 5) is 35.5. The molecule has 0 saturated heterocycles. The Morgan fingerprint density at radius 2 is 1.72 bits per heavy atom. The van der Waals surface area contributed by atoms with E-state index in [1.54, 1.807) is 7.11 Å². The molecule has 7 nitrogen and oxygen atoms in total. The first-order chi connectivity index (χ1) is 11.9. The molecule has 0 radical (unpaired) electrons. The van der Waals surface area contributed by atoms with Gasteiger partial charge in [0.05, 0.1) is 26.4 Å². The molecule has 1 aliphatic carbocycles. The smallest absolute Gasteiger partial charge is 0.223 e. The van der Waals surface area contributed by atoms with E-state index in [2.05, 4.69) is 10.6 Å². The van der Waals surface area contributed by atoms with Crippen LogP contribution in [0.5, 0.6) is 0 Å². The average Bonchev–Trinajstić information content (AvgIpc) is 2.59. The molecule has 0 aromatic heterocycles. The van der Waals surface area contributed by atoms with Crippen LogP contribution in [-0.4, -0.2) is 57.1 Å². The van der Waals surface area contributed by atoms with E-state index >= 15 is 0 Å². The number of nitrogens with one attached hydrogen (secondary N) is 2. The van der Waals surface area contributed by atoms with E-state index in [1.807, 2.05) is 13.8 Å². The highest BCUT2D eigenvalue weighted by atomic mass is 16.5. The molecule has 0 aromatic rings. The van der Waals surface area contributed by atoms with Gasteiger partial charge < -0.3 is 20.1 Å². The molecule has 0 spiro atoms. The van der Waals surface area contributed by atoms with E-state index in [0.717, 1.165) is 25.7 Å². The molecule has 1 rings (SSSR count). The number of hydrogen-bond acceptors (Lipinski definition) is 5. The van der Waals surface area contributed by atoms with Crippen molar-refractivity contribution >= 4 is 17.6 Å². The summed E-state index contributed by atoms with van der Waals surface area (Å²) in [6.07, 6.45) is 3.37. The van der Waals surface area contributed by atoms with Crippen LogP contribution in [0.15, 0.2) is 0 Å². The van der Waals surface area contributed by atoms with Crippen molar-refractivity contribution in [3.8, 4) is 0 Å². The summed E-state index contributed by atoms with van der Waals surface area (Å²) < 4.78 is 10.1. The van der Waals surface area contributed by atoms with Crippen molar-refractivity contribution in [3.63, 3.8) is 0 Å². The fourth-order valence-electron chi connectivity index (χ4n) is 2.73. The van der Waals surface area contributed by atoms with Gasteiger partial charge in [0.2, 0.25) is 11.8 Å². The second kappa shape index (κ2) is 12.0. The maximum atomic E-state index is 12.1. The summed E-state index contributed by atoms with van der Waals surface area (Å²) in [6, 6.07) is 0.118. The normalized spacial score (nSPS) is 20.3. The van der Waals surface area contributed by atoms with Crippen molar-refractivity contribution in [2.45, 2.75) is 52.0 Å². The third-order valence-corrected chi connectivity index (χ3v) is 4.45. The molecular formula is C18H32N2O5. The Hall–Kier alpha value is -1.47. The van der Waals surface area contributed by atoms with E-state index in [1.165, 1.54) is 0 Å². The Labute approximate surface area is 150 Å². The highest BCUT2D eigenvalue weighted by molar-refractivity contribution is 5.88. The van der Waals surface area contributed by atoms with E-state index in [4.69, 9.17) is 9.47 Å². The molecule has 144 valence electrons. The van der Waals surface area contributed by atoms with Gasteiger partial charge in [0.15, 0.2) is 5.78 Å². The van der Waals surface area contributed by atoms with Crippen LogP contribution < -0.4 is 10.6 Å². The van der Waals surface area contributed by atoms with Crippen molar-refractivity contribution in [1.82, 2.24) is 10.6 Å². The minimum atomic E-state index is -0.0651. The Kier molecular flexibility index (Phi) is 10.3. The van der Waals surface area contributed by atoms with Gasteiger partial charge >= 0.3 is 0 Å². The predicted octanol–water partition coefficient (Wildman–Crippen LogP) is 1.06. The molecule has 1 aliphatic rings. The molecule has 0 bridgehead atoms. The third-order valence-electron chi connectivity index (χ3n) is 4.45. The molecule has 7 heteroatoms. The number of hydrogen-bond donors (Lipinski definition) is 2. The number of amides is 2. The highest BCUT2D eigenvalue weighted by Gasteiger charge is 2.27. The van der Waals surface area contributed by atoms with Crippen LogP contribution in [-0.2, 0) is 23.9 Å². The zero-order chi connectivity index (χ0) is 18.7. The number of carbonyl (C=O) groups is 3. The first kappa shape index (κ1) is 21.6. The largest absolute Gasteiger partial charge is 0.382 e. The van der Waals surface area contributed by atoms with Crippen LogP contribution >= 0.6 is 0 Å². The number of ether oxygens (including phenoxy) is 2. The third kappa shape index (κ3) is 8.97. The van der Waals surface area contributed by atoms with Crippen LogP contribution in [0.4, 0.5) is 0 Å². The Morgan fingerprint density at radius 3 is 2.32 bits per heavy atom. The average molecular weight is 356 g/mol. The van der Waals surface area contributed by atoms with Gasteiger partial charge in [-0.25, -0.2) is 0 Å². The summed E-state index contributed by atoms with van der Waals surface area (Å²) in [6.45, 7) is 5.16. The van der Waals surface area contributed by atoms with Gasteiger partial charge in [0, 0.05) is 31.4 Å². The summed E-state index contributed by atoms with van der Waals surface area (Å²) in [5.41, 5.74) is 0. The molecule has 1 saturated carbocycles. The van der Waals surface area contributed by atoms with Crippen LogP contribution in [0.3, 0.4) is 0 Å². The van der Waals surface area contributed by atoms with E-state index in [0.29, 0.717) is 26.2 Å². The standard InChI is InChI=1S/C18H32N2O5/c1-13(2)16(21)12-19-18(23)14-4-6-15(7-5-14)20-17(22)8-9-25-11-10-24-3/h13-15H,4-12H2,1-3H3,(H,19,23)(H,20,22)/t14-,15+. The van der Waals surface area contributed by atoms with Crippen molar-refractivity contribution in [2.75, 3.05) is 33.5 Å². The Balaban J connectivity index is 2.17. The maximum Gasteiger partial charge on any atom is 0.223 e. The fourth-order valence-corrected chi connectivity index (χ4v) is 2.73. The van der Waals surface area contributed by atoms with Gasteiger partial charge in [0.1, 0.15) is 0 Å². The number of carbonyl (C=O) groups excluding carboxylic acids is 3.